The van der Waals surface area contributed by atoms with Gasteiger partial charge in [0.1, 0.15) is 5.75 Å². The summed E-state index contributed by atoms with van der Waals surface area (Å²) in [4.78, 5) is 15.0. The molecule has 0 aliphatic rings. The molecule has 0 aromatic heterocycles. The van der Waals surface area contributed by atoms with Crippen molar-refractivity contribution in [2.75, 3.05) is 0 Å². The molecule has 4 aromatic carbocycles. The van der Waals surface area contributed by atoms with E-state index in [0.717, 1.165) is 5.39 Å². The molecule has 0 saturated heterocycles. The molecular formula is C24H16Cl2N2O4S. The normalized spacial score (nSPS) is 11.6. The lowest BCUT2D eigenvalue weighted by Gasteiger charge is -2.11. The molecule has 0 saturated carbocycles. The predicted octanol–water partition coefficient (Wildman–Crippen LogP) is 5.68. The van der Waals surface area contributed by atoms with Gasteiger partial charge in [-0.3, -0.25) is 0 Å². The number of rotatable bonds is 6. The molecule has 6 nitrogen and oxygen atoms in total. The molecule has 0 fully saturated rings. The number of hydrazone groups is 1. The molecule has 0 atom stereocenters. The third-order valence-corrected chi connectivity index (χ3v) is 6.49. The number of ether oxygens (including phenoxy) is 1. The van der Waals surface area contributed by atoms with Gasteiger partial charge in [0.05, 0.1) is 21.7 Å². The van der Waals surface area contributed by atoms with Gasteiger partial charge in [0.2, 0.25) is 0 Å². The van der Waals surface area contributed by atoms with E-state index in [0.29, 0.717) is 16.0 Å². The fraction of sp³-hybridized carbons (Fsp3) is 0. The minimum atomic E-state index is -3.86. The summed E-state index contributed by atoms with van der Waals surface area (Å²) in [5.74, 6) is -0.501. The van der Waals surface area contributed by atoms with Crippen LogP contribution < -0.4 is 9.57 Å². The lowest BCUT2D eigenvalue weighted by molar-refractivity contribution is 0.0735. The van der Waals surface area contributed by atoms with Crippen molar-refractivity contribution in [1.82, 2.24) is 4.83 Å². The number of nitrogens with one attached hydrogen (secondary N) is 1. The van der Waals surface area contributed by atoms with E-state index >= 15 is 0 Å². The summed E-state index contributed by atoms with van der Waals surface area (Å²) in [5, 5.41) is 6.02. The van der Waals surface area contributed by atoms with E-state index in [-0.39, 0.29) is 21.2 Å². The van der Waals surface area contributed by atoms with Crippen LogP contribution in [0.25, 0.3) is 10.8 Å². The standard InChI is InChI=1S/C24H16Cl2N2O4S/c25-17-11-12-20(22(26)14-17)24(29)32-23-13-10-16-6-4-5-9-19(16)21(23)15-27-28-33(30,31)18-7-2-1-3-8-18/h1-15,28H/b27-15+. The molecule has 0 radical (unpaired) electrons. The second-order valence-electron chi connectivity index (χ2n) is 6.88. The topological polar surface area (TPSA) is 84.8 Å². The first-order chi connectivity index (χ1) is 15.8. The number of nitrogens with zero attached hydrogens (tertiary/aromatic N) is 1. The summed E-state index contributed by atoms with van der Waals surface area (Å²) in [6.45, 7) is 0. The third-order valence-electron chi connectivity index (χ3n) is 4.70. The Morgan fingerprint density at radius 1 is 0.909 bits per heavy atom. The lowest BCUT2D eigenvalue weighted by Crippen LogP contribution is -2.18. The van der Waals surface area contributed by atoms with Crippen LogP contribution >= 0.6 is 23.2 Å². The van der Waals surface area contributed by atoms with E-state index in [9.17, 15) is 13.2 Å². The van der Waals surface area contributed by atoms with Gasteiger partial charge in [0.25, 0.3) is 10.0 Å². The van der Waals surface area contributed by atoms with Crippen LogP contribution in [0.3, 0.4) is 0 Å². The Bertz CT molecular complexity index is 1470. The molecule has 0 aliphatic heterocycles. The fourth-order valence-electron chi connectivity index (χ4n) is 3.12. The van der Waals surface area contributed by atoms with Crippen molar-refractivity contribution in [3.05, 3.63) is 106 Å². The second-order valence-corrected chi connectivity index (χ2v) is 9.38. The highest BCUT2D eigenvalue weighted by molar-refractivity contribution is 7.89. The van der Waals surface area contributed by atoms with E-state index < -0.39 is 16.0 Å². The average molecular weight is 499 g/mol. The minimum absolute atomic E-state index is 0.0732. The molecule has 0 amide bonds. The largest absolute Gasteiger partial charge is 0.422 e. The summed E-state index contributed by atoms with van der Waals surface area (Å²) < 4.78 is 30.5. The Kier molecular flexibility index (Phi) is 6.65. The van der Waals surface area contributed by atoms with Gasteiger partial charge in [-0.25, -0.2) is 9.63 Å². The quantitative estimate of drug-likeness (QED) is 0.160. The van der Waals surface area contributed by atoms with Gasteiger partial charge >= 0.3 is 5.97 Å². The maximum absolute atomic E-state index is 12.7. The van der Waals surface area contributed by atoms with E-state index in [1.165, 1.54) is 36.5 Å². The third kappa shape index (κ3) is 5.17. The van der Waals surface area contributed by atoms with Crippen molar-refractivity contribution in [2.45, 2.75) is 4.90 Å². The molecule has 0 bridgehead atoms. The van der Waals surface area contributed by atoms with Crippen molar-refractivity contribution in [2.24, 2.45) is 5.10 Å². The zero-order valence-corrected chi connectivity index (χ0v) is 19.2. The second kappa shape index (κ2) is 9.62. The fourth-order valence-corrected chi connectivity index (χ4v) is 4.42. The predicted molar refractivity (Wildman–Crippen MR) is 130 cm³/mol. The smallest absolute Gasteiger partial charge is 0.345 e. The SMILES string of the molecule is O=C(Oc1ccc2ccccc2c1/C=N/NS(=O)(=O)c1ccccc1)c1ccc(Cl)cc1Cl. The number of carbonyl (C=O) groups excluding carboxylic acids is 1. The number of esters is 1. The molecule has 4 aromatic rings. The van der Waals surface area contributed by atoms with Crippen LogP contribution in [0.5, 0.6) is 5.75 Å². The van der Waals surface area contributed by atoms with Crippen LogP contribution in [0.4, 0.5) is 0 Å². The van der Waals surface area contributed by atoms with Crippen molar-refractivity contribution >= 4 is 56.2 Å². The Hall–Kier alpha value is -3.39. The van der Waals surface area contributed by atoms with Crippen molar-refractivity contribution in [3.8, 4) is 5.75 Å². The Labute approximate surface area is 200 Å². The van der Waals surface area contributed by atoms with Crippen LogP contribution in [0.1, 0.15) is 15.9 Å². The van der Waals surface area contributed by atoms with Gasteiger partial charge in [-0.2, -0.15) is 13.5 Å². The molecule has 1 N–H and O–H groups in total. The van der Waals surface area contributed by atoms with E-state index in [1.54, 1.807) is 30.3 Å². The van der Waals surface area contributed by atoms with E-state index in [2.05, 4.69) is 9.93 Å². The van der Waals surface area contributed by atoms with Gasteiger partial charge in [-0.1, -0.05) is 71.7 Å². The van der Waals surface area contributed by atoms with Crippen LogP contribution in [-0.2, 0) is 10.0 Å². The van der Waals surface area contributed by atoms with Crippen LogP contribution in [-0.4, -0.2) is 20.6 Å². The number of fused-ring (bicyclic) bond motifs is 1. The van der Waals surface area contributed by atoms with Gasteiger partial charge in [-0.15, -0.1) is 0 Å². The number of hydrogen-bond donors (Lipinski definition) is 1. The summed E-state index contributed by atoms with van der Waals surface area (Å²) in [7, 11) is -3.86. The highest BCUT2D eigenvalue weighted by atomic mass is 35.5. The molecular weight excluding hydrogens is 483 g/mol. The van der Waals surface area contributed by atoms with Gasteiger partial charge in [-0.05, 0) is 47.2 Å². The zero-order valence-electron chi connectivity index (χ0n) is 16.9. The highest BCUT2D eigenvalue weighted by Gasteiger charge is 2.17. The summed E-state index contributed by atoms with van der Waals surface area (Å²) in [6.07, 6.45) is 1.30. The molecule has 0 unspecified atom stereocenters. The Morgan fingerprint density at radius 2 is 1.64 bits per heavy atom. The summed E-state index contributed by atoms with van der Waals surface area (Å²) >= 11 is 12.0. The first kappa shape index (κ1) is 22.8. The first-order valence-corrected chi connectivity index (χ1v) is 11.9. The van der Waals surface area contributed by atoms with Crippen molar-refractivity contribution in [1.29, 1.82) is 0 Å². The van der Waals surface area contributed by atoms with Crippen LogP contribution in [0.2, 0.25) is 10.0 Å². The Balaban J connectivity index is 1.68. The summed E-state index contributed by atoms with van der Waals surface area (Å²) in [5.41, 5.74) is 0.559. The number of sulfonamides is 1. The van der Waals surface area contributed by atoms with Crippen LogP contribution in [0, 0.1) is 0 Å². The van der Waals surface area contributed by atoms with Crippen molar-refractivity contribution in [3.63, 3.8) is 0 Å². The number of halogens is 2. The van der Waals surface area contributed by atoms with E-state index in [4.69, 9.17) is 27.9 Å². The van der Waals surface area contributed by atoms with Crippen molar-refractivity contribution < 1.29 is 17.9 Å². The number of hydrogen-bond acceptors (Lipinski definition) is 5. The maximum Gasteiger partial charge on any atom is 0.345 e. The molecule has 4 rings (SSSR count). The molecule has 9 heteroatoms. The average Bonchev–Trinajstić information content (AvgIpc) is 2.80. The monoisotopic (exact) mass is 498 g/mol. The zero-order chi connectivity index (χ0) is 23.4. The van der Waals surface area contributed by atoms with E-state index in [1.807, 2.05) is 24.3 Å². The summed E-state index contributed by atoms with van der Waals surface area (Å²) in [6, 6.07) is 23.1. The highest BCUT2D eigenvalue weighted by Crippen LogP contribution is 2.29. The molecule has 0 aliphatic carbocycles. The molecule has 33 heavy (non-hydrogen) atoms. The van der Waals surface area contributed by atoms with Gasteiger partial charge in [0, 0.05) is 10.6 Å². The maximum atomic E-state index is 12.7. The number of carbonyl (C=O) groups is 1. The number of benzene rings is 4. The first-order valence-electron chi connectivity index (χ1n) is 9.64. The van der Waals surface area contributed by atoms with Gasteiger partial charge in [0.15, 0.2) is 0 Å². The Morgan fingerprint density at radius 3 is 2.39 bits per heavy atom. The molecule has 166 valence electrons. The minimum Gasteiger partial charge on any atom is -0.422 e. The van der Waals surface area contributed by atoms with Crippen LogP contribution in [0.15, 0.2) is 94.9 Å². The molecule has 0 spiro atoms. The van der Waals surface area contributed by atoms with Gasteiger partial charge < -0.3 is 4.74 Å². The molecule has 0 heterocycles. The lowest BCUT2D eigenvalue weighted by atomic mass is 10.0.